The van der Waals surface area contributed by atoms with Gasteiger partial charge in [-0.15, -0.1) is 0 Å². The van der Waals surface area contributed by atoms with Gasteiger partial charge >= 0.3 is 12.1 Å². The third-order valence-electron chi connectivity index (χ3n) is 2.87. The average Bonchev–Trinajstić information content (AvgIpc) is 2.42. The van der Waals surface area contributed by atoms with Crippen LogP contribution in [0.5, 0.6) is 0 Å². The van der Waals surface area contributed by atoms with Crippen LogP contribution in [0.25, 0.3) is 0 Å². The van der Waals surface area contributed by atoms with Crippen molar-refractivity contribution in [1.29, 1.82) is 0 Å². The fourth-order valence-electron chi connectivity index (χ4n) is 1.65. The summed E-state index contributed by atoms with van der Waals surface area (Å²) in [6.45, 7) is 1.46. The van der Waals surface area contributed by atoms with Crippen molar-refractivity contribution in [2.75, 3.05) is 0 Å². The van der Waals surface area contributed by atoms with Gasteiger partial charge < -0.3 is 10.4 Å². The summed E-state index contributed by atoms with van der Waals surface area (Å²) in [5.41, 5.74) is -3.40. The Morgan fingerprint density at radius 3 is 2.24 bits per heavy atom. The Morgan fingerprint density at radius 1 is 1.24 bits per heavy atom. The summed E-state index contributed by atoms with van der Waals surface area (Å²) >= 11 is 0. The van der Waals surface area contributed by atoms with Gasteiger partial charge in [0.2, 0.25) is 5.54 Å². The quantitative estimate of drug-likeness (QED) is 0.822. The van der Waals surface area contributed by atoms with Crippen molar-refractivity contribution in [3.05, 3.63) is 48.0 Å². The predicted molar refractivity (Wildman–Crippen MR) is 69.8 cm³/mol. The van der Waals surface area contributed by atoms with Crippen molar-refractivity contribution in [3.63, 3.8) is 0 Å². The highest BCUT2D eigenvalue weighted by Gasteiger charge is 2.61. The summed E-state index contributed by atoms with van der Waals surface area (Å²) in [5.74, 6) is -3.25. The number of hydrogen-bond acceptors (Lipinski definition) is 2. The van der Waals surface area contributed by atoms with Crippen LogP contribution >= 0.6 is 0 Å². The zero-order valence-electron chi connectivity index (χ0n) is 11.1. The highest BCUT2D eigenvalue weighted by atomic mass is 19.4. The first-order chi connectivity index (χ1) is 9.74. The second-order valence-corrected chi connectivity index (χ2v) is 4.30. The summed E-state index contributed by atoms with van der Waals surface area (Å²) in [6.07, 6.45) is -3.69. The van der Waals surface area contributed by atoms with Crippen LogP contribution in [0.2, 0.25) is 0 Å². The number of carboxylic acids is 1. The van der Waals surface area contributed by atoms with E-state index in [1.807, 2.05) is 0 Å². The molecule has 2 N–H and O–H groups in total. The molecular weight excluding hydrogens is 287 g/mol. The lowest BCUT2D eigenvalue weighted by molar-refractivity contribution is -0.206. The largest absolute Gasteiger partial charge is 0.479 e. The lowest BCUT2D eigenvalue weighted by Gasteiger charge is -2.31. The smallest absolute Gasteiger partial charge is 0.422 e. The molecule has 0 aliphatic rings. The van der Waals surface area contributed by atoms with Crippen LogP contribution in [0.15, 0.2) is 42.5 Å². The number of carbonyl (C=O) groups excluding carboxylic acids is 1. The standard InChI is InChI=1S/C14H14F3NO3/c1-2-3-9-13(12(20)21,14(15,16)17)18-11(19)10-7-5-4-6-8-10/h2-8H,9H2,1H3,(H,18,19)(H,20,21). The number of amides is 1. The zero-order chi connectivity index (χ0) is 16.1. The molecule has 0 bridgehead atoms. The molecule has 7 heteroatoms. The minimum atomic E-state index is -5.14. The molecule has 0 aliphatic carbocycles. The lowest BCUT2D eigenvalue weighted by Crippen LogP contribution is -2.63. The lowest BCUT2D eigenvalue weighted by atomic mass is 9.93. The van der Waals surface area contributed by atoms with Crippen molar-refractivity contribution in [1.82, 2.24) is 5.32 Å². The molecule has 1 rings (SSSR count). The zero-order valence-corrected chi connectivity index (χ0v) is 11.1. The number of rotatable bonds is 5. The average molecular weight is 301 g/mol. The maximum absolute atomic E-state index is 13.2. The second kappa shape index (κ2) is 6.43. The number of allylic oxidation sites excluding steroid dienone is 1. The number of benzene rings is 1. The molecule has 0 heterocycles. The van der Waals surface area contributed by atoms with Gasteiger partial charge in [-0.3, -0.25) is 4.79 Å². The van der Waals surface area contributed by atoms with Crippen LogP contribution in [0.3, 0.4) is 0 Å². The van der Waals surface area contributed by atoms with E-state index < -0.39 is 30.0 Å². The van der Waals surface area contributed by atoms with E-state index in [0.29, 0.717) is 0 Å². The Bertz CT molecular complexity index is 540. The molecule has 0 aromatic heterocycles. The number of aliphatic carboxylic acids is 1. The van der Waals surface area contributed by atoms with Crippen LogP contribution in [0.1, 0.15) is 23.7 Å². The van der Waals surface area contributed by atoms with E-state index in [4.69, 9.17) is 5.11 Å². The van der Waals surface area contributed by atoms with Crippen LogP contribution in [-0.2, 0) is 4.79 Å². The van der Waals surface area contributed by atoms with E-state index in [1.165, 1.54) is 37.3 Å². The Labute approximate surface area is 119 Å². The van der Waals surface area contributed by atoms with Gasteiger partial charge in [0, 0.05) is 12.0 Å². The summed E-state index contributed by atoms with van der Waals surface area (Å²) in [7, 11) is 0. The van der Waals surface area contributed by atoms with Crippen molar-refractivity contribution in [2.45, 2.75) is 25.1 Å². The van der Waals surface area contributed by atoms with E-state index >= 15 is 0 Å². The number of alkyl halides is 3. The monoisotopic (exact) mass is 301 g/mol. The molecule has 0 aliphatic heterocycles. The first-order valence-electron chi connectivity index (χ1n) is 6.03. The third-order valence-corrected chi connectivity index (χ3v) is 2.87. The number of hydrogen-bond donors (Lipinski definition) is 2. The van der Waals surface area contributed by atoms with Gasteiger partial charge in [0.05, 0.1) is 0 Å². The molecule has 0 saturated carbocycles. The molecule has 114 valence electrons. The molecule has 0 spiro atoms. The van der Waals surface area contributed by atoms with E-state index in [0.717, 1.165) is 6.08 Å². The molecule has 1 unspecified atom stereocenters. The molecule has 0 radical (unpaired) electrons. The number of halogens is 3. The Balaban J connectivity index is 3.18. The van der Waals surface area contributed by atoms with Gasteiger partial charge in [-0.1, -0.05) is 30.4 Å². The fourth-order valence-corrected chi connectivity index (χ4v) is 1.65. The topological polar surface area (TPSA) is 66.4 Å². The summed E-state index contributed by atoms with van der Waals surface area (Å²) in [4.78, 5) is 23.0. The summed E-state index contributed by atoms with van der Waals surface area (Å²) in [6, 6.07) is 7.13. The molecule has 0 fully saturated rings. The van der Waals surface area contributed by atoms with Gasteiger partial charge in [-0.05, 0) is 19.1 Å². The van der Waals surface area contributed by atoms with Gasteiger partial charge in [0.25, 0.3) is 5.91 Å². The number of carbonyl (C=O) groups is 2. The molecule has 1 atom stereocenters. The SMILES string of the molecule is CC=CCC(NC(=O)c1ccccc1)(C(=O)O)C(F)(F)F. The molecular formula is C14H14F3NO3. The van der Waals surface area contributed by atoms with Crippen LogP contribution in [-0.4, -0.2) is 28.7 Å². The van der Waals surface area contributed by atoms with Gasteiger partial charge in [0.15, 0.2) is 0 Å². The molecule has 0 saturated heterocycles. The van der Waals surface area contributed by atoms with Crippen LogP contribution in [0.4, 0.5) is 13.2 Å². The van der Waals surface area contributed by atoms with Gasteiger partial charge in [0.1, 0.15) is 0 Å². The third kappa shape index (κ3) is 3.62. The molecule has 1 amide bonds. The maximum atomic E-state index is 13.2. The van der Waals surface area contributed by atoms with Crippen molar-refractivity contribution in [2.24, 2.45) is 0 Å². The van der Waals surface area contributed by atoms with Crippen molar-refractivity contribution < 1.29 is 27.9 Å². The highest BCUT2D eigenvalue weighted by molar-refractivity contribution is 5.98. The normalized spacial score (nSPS) is 14.7. The van der Waals surface area contributed by atoms with Gasteiger partial charge in [-0.25, -0.2) is 4.79 Å². The summed E-state index contributed by atoms with van der Waals surface area (Å²) < 4.78 is 39.6. The van der Waals surface area contributed by atoms with Gasteiger partial charge in [-0.2, -0.15) is 13.2 Å². The molecule has 1 aromatic carbocycles. The molecule has 4 nitrogen and oxygen atoms in total. The highest BCUT2D eigenvalue weighted by Crippen LogP contribution is 2.34. The number of nitrogens with one attached hydrogen (secondary N) is 1. The molecule has 1 aromatic rings. The van der Waals surface area contributed by atoms with E-state index in [2.05, 4.69) is 0 Å². The first-order valence-corrected chi connectivity index (χ1v) is 6.03. The van der Waals surface area contributed by atoms with Crippen molar-refractivity contribution >= 4 is 11.9 Å². The maximum Gasteiger partial charge on any atom is 0.422 e. The second-order valence-electron chi connectivity index (χ2n) is 4.30. The Kier molecular flexibility index (Phi) is 5.12. The van der Waals surface area contributed by atoms with E-state index in [-0.39, 0.29) is 5.56 Å². The fraction of sp³-hybridized carbons (Fsp3) is 0.286. The Morgan fingerprint density at radius 2 is 1.81 bits per heavy atom. The first kappa shape index (κ1) is 16.7. The van der Waals surface area contributed by atoms with E-state index in [9.17, 15) is 22.8 Å². The predicted octanol–water partition coefficient (Wildman–Crippen LogP) is 2.77. The van der Waals surface area contributed by atoms with Crippen molar-refractivity contribution in [3.8, 4) is 0 Å². The summed E-state index contributed by atoms with van der Waals surface area (Å²) in [5, 5.41) is 10.6. The number of carboxylic acid groups (broad SMARTS) is 1. The van der Waals surface area contributed by atoms with Crippen LogP contribution in [0, 0.1) is 0 Å². The molecule has 21 heavy (non-hydrogen) atoms. The Hall–Kier alpha value is -2.31. The minimum absolute atomic E-state index is 0.0483. The van der Waals surface area contributed by atoms with Crippen LogP contribution < -0.4 is 5.32 Å². The minimum Gasteiger partial charge on any atom is -0.479 e. The van der Waals surface area contributed by atoms with E-state index in [1.54, 1.807) is 11.4 Å².